The van der Waals surface area contributed by atoms with E-state index in [1.54, 1.807) is 30.3 Å². The van der Waals surface area contributed by atoms with E-state index in [4.69, 9.17) is 16.3 Å². The van der Waals surface area contributed by atoms with Crippen molar-refractivity contribution in [1.82, 2.24) is 5.32 Å². The first-order valence-corrected chi connectivity index (χ1v) is 7.04. The largest absolute Gasteiger partial charge is 0.454 e. The molecule has 2 aromatic rings. The quantitative estimate of drug-likeness (QED) is 0.874. The van der Waals surface area contributed by atoms with Crippen molar-refractivity contribution in [2.45, 2.75) is 25.4 Å². The molecule has 1 N–H and O–H groups in total. The van der Waals surface area contributed by atoms with Crippen LogP contribution in [0.2, 0.25) is 5.02 Å². The van der Waals surface area contributed by atoms with Gasteiger partial charge in [-0.25, -0.2) is 4.39 Å². The molecule has 1 saturated carbocycles. The molecule has 4 heteroatoms. The summed E-state index contributed by atoms with van der Waals surface area (Å²) in [4.78, 5) is 0. The van der Waals surface area contributed by atoms with Crippen LogP contribution in [0.25, 0.3) is 0 Å². The Labute approximate surface area is 122 Å². The topological polar surface area (TPSA) is 21.3 Å². The van der Waals surface area contributed by atoms with Crippen LogP contribution in [-0.2, 0) is 6.54 Å². The maximum absolute atomic E-state index is 14.0. The number of hydrogen-bond donors (Lipinski definition) is 1. The van der Waals surface area contributed by atoms with E-state index in [1.165, 1.54) is 18.9 Å². The highest BCUT2D eigenvalue weighted by molar-refractivity contribution is 6.30. The zero-order valence-electron chi connectivity index (χ0n) is 10.9. The third kappa shape index (κ3) is 3.50. The van der Waals surface area contributed by atoms with Gasteiger partial charge in [0.2, 0.25) is 0 Å². The average molecular weight is 292 g/mol. The Hall–Kier alpha value is -1.58. The summed E-state index contributed by atoms with van der Waals surface area (Å²) in [5.41, 5.74) is 0.924. The van der Waals surface area contributed by atoms with E-state index in [9.17, 15) is 4.39 Å². The summed E-state index contributed by atoms with van der Waals surface area (Å²) in [6.45, 7) is 0.693. The Morgan fingerprint density at radius 3 is 2.75 bits per heavy atom. The predicted molar refractivity (Wildman–Crippen MR) is 77.8 cm³/mol. The van der Waals surface area contributed by atoms with Gasteiger partial charge in [-0.15, -0.1) is 0 Å². The van der Waals surface area contributed by atoms with Crippen molar-refractivity contribution >= 4 is 11.6 Å². The minimum atomic E-state index is -0.361. The van der Waals surface area contributed by atoms with Gasteiger partial charge < -0.3 is 10.1 Å². The Kier molecular flexibility index (Phi) is 3.90. The minimum Gasteiger partial charge on any atom is -0.454 e. The highest BCUT2D eigenvalue weighted by Gasteiger charge is 2.20. The Morgan fingerprint density at radius 2 is 2.05 bits per heavy atom. The van der Waals surface area contributed by atoms with E-state index in [-0.39, 0.29) is 11.6 Å². The molecule has 20 heavy (non-hydrogen) atoms. The summed E-state index contributed by atoms with van der Waals surface area (Å²) >= 11 is 5.87. The fraction of sp³-hybridized carbons (Fsp3) is 0.250. The van der Waals surface area contributed by atoms with E-state index in [2.05, 4.69) is 5.32 Å². The van der Waals surface area contributed by atoms with Gasteiger partial charge in [-0.1, -0.05) is 23.7 Å². The molecule has 1 aliphatic carbocycles. The fourth-order valence-corrected chi connectivity index (χ4v) is 2.12. The van der Waals surface area contributed by atoms with Crippen LogP contribution in [0.4, 0.5) is 4.39 Å². The number of halogens is 2. The summed E-state index contributed by atoms with van der Waals surface area (Å²) in [5.74, 6) is 0.378. The second kappa shape index (κ2) is 5.81. The minimum absolute atomic E-state index is 0.211. The molecule has 0 aromatic heterocycles. The lowest BCUT2D eigenvalue weighted by atomic mass is 10.2. The Balaban J connectivity index is 1.69. The van der Waals surface area contributed by atoms with Crippen LogP contribution in [0.15, 0.2) is 42.5 Å². The molecule has 104 valence electrons. The van der Waals surface area contributed by atoms with E-state index in [0.717, 1.165) is 5.56 Å². The first kappa shape index (κ1) is 13.4. The normalized spacial score (nSPS) is 14.3. The van der Waals surface area contributed by atoms with Gasteiger partial charge in [-0.05, 0) is 48.7 Å². The summed E-state index contributed by atoms with van der Waals surface area (Å²) in [7, 11) is 0. The smallest absolute Gasteiger partial charge is 0.166 e. The van der Waals surface area contributed by atoms with Crippen molar-refractivity contribution in [3.8, 4) is 11.5 Å². The van der Waals surface area contributed by atoms with E-state index < -0.39 is 0 Å². The number of hydrogen-bond acceptors (Lipinski definition) is 2. The van der Waals surface area contributed by atoms with E-state index >= 15 is 0 Å². The molecule has 0 aliphatic heterocycles. The van der Waals surface area contributed by atoms with Crippen LogP contribution in [0.1, 0.15) is 18.4 Å². The van der Waals surface area contributed by atoms with Crippen molar-refractivity contribution in [2.24, 2.45) is 0 Å². The molecule has 2 nitrogen and oxygen atoms in total. The molecule has 0 spiro atoms. The third-order valence-corrected chi connectivity index (χ3v) is 3.43. The zero-order valence-corrected chi connectivity index (χ0v) is 11.7. The molecule has 0 atom stereocenters. The monoisotopic (exact) mass is 291 g/mol. The summed E-state index contributed by atoms with van der Waals surface area (Å²) < 4.78 is 19.5. The molecular formula is C16H15ClFNO. The predicted octanol–water partition coefficient (Wildman–Crippen LogP) is 4.52. The van der Waals surface area contributed by atoms with Crippen molar-refractivity contribution < 1.29 is 9.13 Å². The van der Waals surface area contributed by atoms with Crippen molar-refractivity contribution in [3.63, 3.8) is 0 Å². The lowest BCUT2D eigenvalue weighted by Crippen LogP contribution is -2.15. The molecule has 1 fully saturated rings. The molecule has 0 bridgehead atoms. The Morgan fingerprint density at radius 1 is 1.20 bits per heavy atom. The maximum Gasteiger partial charge on any atom is 0.166 e. The van der Waals surface area contributed by atoms with Crippen LogP contribution >= 0.6 is 11.6 Å². The molecule has 0 unspecified atom stereocenters. The van der Waals surface area contributed by atoms with Crippen LogP contribution in [0, 0.1) is 5.82 Å². The molecule has 1 aliphatic rings. The van der Waals surface area contributed by atoms with Gasteiger partial charge in [-0.2, -0.15) is 0 Å². The number of ether oxygens (including phenoxy) is 1. The highest BCUT2D eigenvalue weighted by Crippen LogP contribution is 2.27. The summed E-state index contributed by atoms with van der Waals surface area (Å²) in [6, 6.07) is 12.6. The van der Waals surface area contributed by atoms with E-state index in [0.29, 0.717) is 23.4 Å². The zero-order chi connectivity index (χ0) is 13.9. The second-order valence-corrected chi connectivity index (χ2v) is 5.42. The van der Waals surface area contributed by atoms with Crippen LogP contribution in [0.3, 0.4) is 0 Å². The SMILES string of the molecule is Fc1cc(CNC2CC2)ccc1Oc1cccc(Cl)c1. The molecule has 0 radical (unpaired) electrons. The standard InChI is InChI=1S/C16H15ClFNO/c17-12-2-1-3-14(9-12)20-16-7-4-11(8-15(16)18)10-19-13-5-6-13/h1-4,7-9,13,19H,5-6,10H2. The van der Waals surface area contributed by atoms with Crippen molar-refractivity contribution in [2.75, 3.05) is 0 Å². The molecule has 0 heterocycles. The third-order valence-electron chi connectivity index (χ3n) is 3.19. The average Bonchev–Trinajstić information content (AvgIpc) is 3.23. The maximum atomic E-state index is 14.0. The van der Waals surface area contributed by atoms with Crippen LogP contribution in [0.5, 0.6) is 11.5 Å². The first-order chi connectivity index (χ1) is 9.70. The highest BCUT2D eigenvalue weighted by atomic mass is 35.5. The van der Waals surface area contributed by atoms with Crippen LogP contribution < -0.4 is 10.1 Å². The van der Waals surface area contributed by atoms with Gasteiger partial charge in [0.15, 0.2) is 11.6 Å². The molecule has 0 amide bonds. The van der Waals surface area contributed by atoms with Gasteiger partial charge in [0.25, 0.3) is 0 Å². The fourth-order valence-electron chi connectivity index (χ4n) is 1.94. The first-order valence-electron chi connectivity index (χ1n) is 6.66. The Bertz CT molecular complexity index is 613. The second-order valence-electron chi connectivity index (χ2n) is 4.98. The van der Waals surface area contributed by atoms with Gasteiger partial charge >= 0.3 is 0 Å². The number of benzene rings is 2. The lowest BCUT2D eigenvalue weighted by Gasteiger charge is -2.09. The van der Waals surface area contributed by atoms with Gasteiger partial charge in [0.1, 0.15) is 5.75 Å². The molecular weight excluding hydrogens is 277 g/mol. The van der Waals surface area contributed by atoms with Crippen LogP contribution in [-0.4, -0.2) is 6.04 Å². The number of rotatable bonds is 5. The lowest BCUT2D eigenvalue weighted by molar-refractivity contribution is 0.441. The summed E-state index contributed by atoms with van der Waals surface area (Å²) in [5, 5.41) is 3.91. The molecule has 3 rings (SSSR count). The van der Waals surface area contributed by atoms with E-state index in [1.807, 2.05) is 6.07 Å². The van der Waals surface area contributed by atoms with Gasteiger partial charge in [0.05, 0.1) is 0 Å². The molecule has 0 saturated heterocycles. The van der Waals surface area contributed by atoms with Gasteiger partial charge in [-0.3, -0.25) is 0 Å². The molecule has 2 aromatic carbocycles. The van der Waals surface area contributed by atoms with Gasteiger partial charge in [0, 0.05) is 17.6 Å². The van der Waals surface area contributed by atoms with Crippen molar-refractivity contribution in [3.05, 3.63) is 58.9 Å². The van der Waals surface area contributed by atoms with Crippen molar-refractivity contribution in [1.29, 1.82) is 0 Å². The summed E-state index contributed by atoms with van der Waals surface area (Å²) in [6.07, 6.45) is 2.44. The number of nitrogens with one attached hydrogen (secondary N) is 1.